The monoisotopic (exact) mass is 621 g/mol. The van der Waals surface area contributed by atoms with E-state index >= 15 is 0 Å². The van der Waals surface area contributed by atoms with Gasteiger partial charge in [-0.15, -0.1) is 0 Å². The van der Waals surface area contributed by atoms with Gasteiger partial charge in [-0.2, -0.15) is 0 Å². The smallest absolute Gasteiger partial charge is 0.323 e. The lowest BCUT2D eigenvalue weighted by molar-refractivity contribution is -0.141. The molecular formula is C29H43N5O10. The van der Waals surface area contributed by atoms with Crippen LogP contribution in [0.2, 0.25) is 0 Å². The Kier molecular flexibility index (Phi) is 17.6. The number of aliphatic hydroxyl groups is 1. The van der Waals surface area contributed by atoms with E-state index in [0.717, 1.165) is 22.0 Å². The highest BCUT2D eigenvalue weighted by molar-refractivity contribution is 5.84. The molecule has 0 spiro atoms. The van der Waals surface area contributed by atoms with E-state index < -0.39 is 54.1 Å². The highest BCUT2D eigenvalue weighted by atomic mass is 16.4. The minimum atomic E-state index is -1.18. The van der Waals surface area contributed by atoms with Crippen molar-refractivity contribution in [3.8, 4) is 5.75 Å². The van der Waals surface area contributed by atoms with Crippen LogP contribution in [0.4, 0.5) is 0 Å². The molecule has 1 aromatic heterocycles. The number of aromatic hydroxyl groups is 1. The number of aliphatic carboxylic acids is 4. The number of aromatic nitrogens is 1. The third-order valence-electron chi connectivity index (χ3n) is 5.95. The maximum Gasteiger partial charge on any atom is 0.323 e. The molecular weight excluding hydrogens is 578 g/mol. The van der Waals surface area contributed by atoms with Crippen LogP contribution >= 0.6 is 0 Å². The van der Waals surface area contributed by atoms with Gasteiger partial charge in [-0.25, -0.2) is 0 Å². The second-order valence-electron chi connectivity index (χ2n) is 10.0. The molecule has 0 saturated carbocycles. The molecule has 15 nitrogen and oxygen atoms in total. The van der Waals surface area contributed by atoms with Crippen molar-refractivity contribution >= 4 is 34.8 Å². The van der Waals surface area contributed by atoms with Crippen molar-refractivity contribution in [3.63, 3.8) is 0 Å². The predicted molar refractivity (Wildman–Crippen MR) is 163 cm³/mol. The van der Waals surface area contributed by atoms with E-state index in [-0.39, 0.29) is 18.1 Å². The molecule has 0 amide bonds. The number of phenolic OH excluding ortho intramolecular Hbond substituents is 1. The molecule has 2 aromatic carbocycles. The minimum Gasteiger partial charge on any atom is -0.508 e. The third-order valence-corrected chi connectivity index (χ3v) is 5.95. The number of H-pyrrole nitrogens is 1. The summed E-state index contributed by atoms with van der Waals surface area (Å²) in [7, 11) is 0. The number of carbonyl (C=O) groups is 4. The summed E-state index contributed by atoms with van der Waals surface area (Å²) < 4.78 is 0. The summed E-state index contributed by atoms with van der Waals surface area (Å²) >= 11 is 0. The molecule has 3 unspecified atom stereocenters. The molecule has 5 atom stereocenters. The predicted octanol–water partition coefficient (Wildman–Crippen LogP) is 0.302. The highest BCUT2D eigenvalue weighted by Gasteiger charge is 2.17. The van der Waals surface area contributed by atoms with Gasteiger partial charge in [0.2, 0.25) is 0 Å². The summed E-state index contributed by atoms with van der Waals surface area (Å²) in [5.74, 6) is -3.92. The van der Waals surface area contributed by atoms with Crippen LogP contribution < -0.4 is 22.9 Å². The standard InChI is InChI=1S/C11H12N2O2.C9H11NO3.C5H11NO2.C4H9NO3/c12-9(11(14)15)5-7-6-13-10-4-2-1-3-8(7)10;10-8(9(12)13)5-6-1-3-7(11)4-2-6;1-3(2)4(6)5(7)8;1-2(6)3(5)4(7)8/h1-4,6,9,13H,5,12H2,(H,14,15);1-4,8,11H,5,10H2,(H,12,13);3-4H,6H2,1-2H3,(H,7,8);2-3,6H,5H2,1H3,(H,7,8)/t;;4-;2-,3?/m..10/s1. The number of fused-ring (bicyclic) bond motifs is 1. The Bertz CT molecular complexity index is 1300. The van der Waals surface area contributed by atoms with E-state index in [1.54, 1.807) is 26.0 Å². The van der Waals surface area contributed by atoms with Crippen molar-refractivity contribution in [2.45, 2.75) is 63.9 Å². The number of carboxylic acids is 4. The lowest BCUT2D eigenvalue weighted by Gasteiger charge is -2.07. The number of aromatic amines is 1. The summed E-state index contributed by atoms with van der Waals surface area (Å²) in [5.41, 5.74) is 23.6. The number of benzene rings is 2. The van der Waals surface area contributed by atoms with Gasteiger partial charge in [0.15, 0.2) is 0 Å². The highest BCUT2D eigenvalue weighted by Crippen LogP contribution is 2.18. The zero-order valence-corrected chi connectivity index (χ0v) is 24.7. The Labute approximate surface area is 254 Å². The molecule has 244 valence electrons. The number of hydrogen-bond acceptors (Lipinski definition) is 10. The largest absolute Gasteiger partial charge is 0.508 e. The van der Waals surface area contributed by atoms with E-state index in [9.17, 15) is 19.2 Å². The summed E-state index contributed by atoms with van der Waals surface area (Å²) in [5, 5.41) is 52.0. The zero-order chi connectivity index (χ0) is 34.1. The van der Waals surface area contributed by atoms with Crippen LogP contribution in [0, 0.1) is 5.92 Å². The second kappa shape index (κ2) is 19.6. The van der Waals surface area contributed by atoms with Gasteiger partial charge in [-0.1, -0.05) is 44.2 Å². The molecule has 3 aromatic rings. The van der Waals surface area contributed by atoms with E-state index in [0.29, 0.717) is 6.42 Å². The Morgan fingerprint density at radius 3 is 1.57 bits per heavy atom. The number of carboxylic acid groups (broad SMARTS) is 4. The lowest BCUT2D eigenvalue weighted by Crippen LogP contribution is -2.39. The number of para-hydroxylation sites is 1. The van der Waals surface area contributed by atoms with Crippen molar-refractivity contribution in [3.05, 3.63) is 65.9 Å². The molecule has 0 radical (unpaired) electrons. The first-order valence-corrected chi connectivity index (χ1v) is 13.3. The average Bonchev–Trinajstić information content (AvgIpc) is 3.36. The minimum absolute atomic E-state index is 0.0208. The maximum absolute atomic E-state index is 10.6. The topological polar surface area (TPSA) is 310 Å². The number of aliphatic hydroxyl groups excluding tert-OH is 1. The van der Waals surface area contributed by atoms with Gasteiger partial charge < -0.3 is 58.6 Å². The normalized spacial score (nSPS) is 13.8. The van der Waals surface area contributed by atoms with E-state index in [2.05, 4.69) is 4.98 Å². The summed E-state index contributed by atoms with van der Waals surface area (Å²) in [6.07, 6.45) is 1.45. The molecule has 15 N–H and O–H groups in total. The van der Waals surface area contributed by atoms with Crippen LogP contribution in [-0.4, -0.2) is 89.8 Å². The van der Waals surface area contributed by atoms with E-state index in [4.69, 9.17) is 53.6 Å². The fraction of sp³-hybridized carbons (Fsp3) is 0.379. The van der Waals surface area contributed by atoms with Crippen LogP contribution in [0.3, 0.4) is 0 Å². The Hall–Kier alpha value is -4.54. The van der Waals surface area contributed by atoms with E-state index in [1.807, 2.05) is 30.5 Å². The Balaban J connectivity index is 0.000000585. The molecule has 3 rings (SSSR count). The maximum atomic E-state index is 10.6. The Morgan fingerprint density at radius 1 is 0.705 bits per heavy atom. The Morgan fingerprint density at radius 2 is 1.18 bits per heavy atom. The van der Waals surface area contributed by atoms with Gasteiger partial charge >= 0.3 is 23.9 Å². The quantitative estimate of drug-likeness (QED) is 0.145. The van der Waals surface area contributed by atoms with Crippen molar-refractivity contribution in [2.75, 3.05) is 0 Å². The first-order valence-electron chi connectivity index (χ1n) is 13.3. The van der Waals surface area contributed by atoms with Gasteiger partial charge in [-0.3, -0.25) is 19.2 Å². The van der Waals surface area contributed by atoms with Crippen molar-refractivity contribution in [1.82, 2.24) is 4.98 Å². The van der Waals surface area contributed by atoms with Crippen molar-refractivity contribution < 1.29 is 49.8 Å². The molecule has 1 heterocycles. The van der Waals surface area contributed by atoms with Crippen molar-refractivity contribution in [2.24, 2.45) is 28.9 Å². The molecule has 0 bridgehead atoms. The first-order chi connectivity index (χ1) is 20.4. The van der Waals surface area contributed by atoms with E-state index in [1.165, 1.54) is 19.1 Å². The number of phenols is 1. The van der Waals surface area contributed by atoms with Crippen LogP contribution in [0.5, 0.6) is 5.75 Å². The number of hydrogen-bond donors (Lipinski definition) is 11. The van der Waals surface area contributed by atoms with Crippen LogP contribution in [0.1, 0.15) is 31.9 Å². The van der Waals surface area contributed by atoms with Crippen molar-refractivity contribution in [1.29, 1.82) is 0 Å². The number of rotatable bonds is 10. The summed E-state index contributed by atoms with van der Waals surface area (Å²) in [6, 6.07) is 10.5. The van der Waals surface area contributed by atoms with Gasteiger partial charge in [0.1, 0.15) is 29.9 Å². The average molecular weight is 622 g/mol. The molecule has 0 aliphatic rings. The fourth-order valence-electron chi connectivity index (χ4n) is 3.09. The van der Waals surface area contributed by atoms with Crippen LogP contribution in [-0.2, 0) is 32.0 Å². The second-order valence-corrected chi connectivity index (χ2v) is 10.0. The van der Waals surface area contributed by atoms with Crippen LogP contribution in [0.15, 0.2) is 54.7 Å². The summed E-state index contributed by atoms with van der Waals surface area (Å²) in [4.78, 5) is 44.0. The number of nitrogens with one attached hydrogen (secondary N) is 1. The SMILES string of the molecule is CC(C)[C@@H](N)C(=O)O.C[C@H](O)C(N)C(=O)O.NC(Cc1c[nH]c2ccccc12)C(=O)O.NC(Cc1ccc(O)cc1)C(=O)O. The molecule has 44 heavy (non-hydrogen) atoms. The number of nitrogens with two attached hydrogens (primary N) is 4. The molecule has 0 fully saturated rings. The molecule has 0 saturated heterocycles. The fourth-order valence-corrected chi connectivity index (χ4v) is 3.09. The van der Waals surface area contributed by atoms with Gasteiger partial charge in [-0.05, 0) is 48.6 Å². The van der Waals surface area contributed by atoms with Gasteiger partial charge in [0.05, 0.1) is 6.10 Å². The van der Waals surface area contributed by atoms with Crippen LogP contribution in [0.25, 0.3) is 10.9 Å². The molecule has 0 aliphatic heterocycles. The zero-order valence-electron chi connectivity index (χ0n) is 24.7. The summed E-state index contributed by atoms with van der Waals surface area (Å²) in [6.45, 7) is 4.89. The molecule has 15 heteroatoms. The van der Waals surface area contributed by atoms with Gasteiger partial charge in [0.25, 0.3) is 0 Å². The molecule has 0 aliphatic carbocycles. The first kappa shape index (κ1) is 39.5. The lowest BCUT2D eigenvalue weighted by atomic mass is 10.1. The van der Waals surface area contributed by atoms with Gasteiger partial charge in [0, 0.05) is 23.5 Å². The third kappa shape index (κ3) is 15.1.